The summed E-state index contributed by atoms with van der Waals surface area (Å²) in [5, 5.41) is 10.6. The summed E-state index contributed by atoms with van der Waals surface area (Å²) in [6.07, 6.45) is 1.03. The number of benzene rings is 1. The van der Waals surface area contributed by atoms with Crippen molar-refractivity contribution < 1.29 is 5.11 Å². The number of halogens is 2. The molecule has 5 N–H and O–H groups in total. The van der Waals surface area contributed by atoms with E-state index in [1.807, 2.05) is 0 Å². The quantitative estimate of drug-likeness (QED) is 0.730. The highest BCUT2D eigenvalue weighted by atomic mass is 35.5. The van der Waals surface area contributed by atoms with Gasteiger partial charge in [0.15, 0.2) is 0 Å². The van der Waals surface area contributed by atoms with Crippen LogP contribution in [-0.2, 0) is 0 Å². The first-order valence-electron chi connectivity index (χ1n) is 5.90. The largest absolute Gasteiger partial charge is 0.398 e. The van der Waals surface area contributed by atoms with Gasteiger partial charge < -0.3 is 16.6 Å². The first kappa shape index (κ1) is 17.5. The minimum absolute atomic E-state index is 0. The lowest BCUT2D eigenvalue weighted by Crippen LogP contribution is -2.27. The molecular formula is C13H22Cl2N2O. The number of anilines is 1. The summed E-state index contributed by atoms with van der Waals surface area (Å²) in [5.41, 5.74) is 13.1. The van der Waals surface area contributed by atoms with Crippen molar-refractivity contribution in [3.63, 3.8) is 0 Å². The molecule has 0 aliphatic carbocycles. The van der Waals surface area contributed by atoms with Crippen LogP contribution in [-0.4, -0.2) is 11.2 Å². The maximum absolute atomic E-state index is 10.0. The average Bonchev–Trinajstić information content (AvgIpc) is 2.28. The Hall–Kier alpha value is -0.480. The van der Waals surface area contributed by atoms with E-state index in [-0.39, 0.29) is 12.4 Å². The van der Waals surface area contributed by atoms with Crippen molar-refractivity contribution in [1.29, 1.82) is 0 Å². The van der Waals surface area contributed by atoms with E-state index in [9.17, 15) is 5.11 Å². The van der Waals surface area contributed by atoms with Gasteiger partial charge in [0, 0.05) is 10.7 Å². The molecule has 0 spiro atoms. The molecule has 0 amide bonds. The Bertz CT molecular complexity index is 372. The van der Waals surface area contributed by atoms with Crippen molar-refractivity contribution in [1.82, 2.24) is 0 Å². The lowest BCUT2D eigenvalue weighted by atomic mass is 9.95. The minimum Gasteiger partial charge on any atom is -0.398 e. The van der Waals surface area contributed by atoms with Gasteiger partial charge in [0.1, 0.15) is 0 Å². The standard InChI is InChI=1S/C13H21ClN2O.ClH/c1-8(2)3-6-12(17)13(16)10-7-9(14)4-5-11(10)15;/h4-5,7-8,12-13,17H,3,6,15-16H2,1-2H3;1H/t12-,13+;/m1./s1. The Morgan fingerprint density at radius 2 is 1.89 bits per heavy atom. The molecule has 0 radical (unpaired) electrons. The minimum atomic E-state index is -0.585. The molecule has 0 aliphatic rings. The molecule has 3 nitrogen and oxygen atoms in total. The highest BCUT2D eigenvalue weighted by Gasteiger charge is 2.19. The molecule has 104 valence electrons. The highest BCUT2D eigenvalue weighted by molar-refractivity contribution is 6.30. The Labute approximate surface area is 120 Å². The lowest BCUT2D eigenvalue weighted by Gasteiger charge is -2.21. The predicted molar refractivity (Wildman–Crippen MR) is 80.1 cm³/mol. The monoisotopic (exact) mass is 292 g/mol. The summed E-state index contributed by atoms with van der Waals surface area (Å²) in [4.78, 5) is 0. The third kappa shape index (κ3) is 5.02. The lowest BCUT2D eigenvalue weighted by molar-refractivity contribution is 0.128. The van der Waals surface area contributed by atoms with Gasteiger partial charge in [-0.15, -0.1) is 12.4 Å². The smallest absolute Gasteiger partial charge is 0.0733 e. The van der Waals surface area contributed by atoms with Crippen molar-refractivity contribution in [2.45, 2.75) is 38.8 Å². The maximum atomic E-state index is 10.0. The van der Waals surface area contributed by atoms with Crippen molar-refractivity contribution in [3.05, 3.63) is 28.8 Å². The van der Waals surface area contributed by atoms with Gasteiger partial charge in [-0.2, -0.15) is 0 Å². The Balaban J connectivity index is 0.00000289. The molecular weight excluding hydrogens is 271 g/mol. The number of aliphatic hydroxyl groups excluding tert-OH is 1. The van der Waals surface area contributed by atoms with Crippen LogP contribution in [0.3, 0.4) is 0 Å². The number of aliphatic hydroxyl groups is 1. The first-order chi connectivity index (χ1) is 7.91. The van der Waals surface area contributed by atoms with Crippen molar-refractivity contribution >= 4 is 29.7 Å². The Kier molecular flexibility index (Phi) is 7.64. The van der Waals surface area contributed by atoms with Crippen LogP contribution in [0.15, 0.2) is 18.2 Å². The fourth-order valence-corrected chi connectivity index (χ4v) is 1.91. The molecule has 18 heavy (non-hydrogen) atoms. The molecule has 0 fully saturated rings. The number of nitrogen functional groups attached to an aromatic ring is 1. The van der Waals surface area contributed by atoms with Crippen molar-refractivity contribution in [2.24, 2.45) is 11.7 Å². The number of hydrogen-bond donors (Lipinski definition) is 3. The van der Waals surface area contributed by atoms with Crippen LogP contribution in [0.25, 0.3) is 0 Å². The van der Waals surface area contributed by atoms with Gasteiger partial charge in [-0.05, 0) is 42.5 Å². The predicted octanol–water partition coefficient (Wildman–Crippen LogP) is 3.14. The molecule has 0 aliphatic heterocycles. The molecule has 1 rings (SSSR count). The van der Waals surface area contributed by atoms with Gasteiger partial charge in [0.25, 0.3) is 0 Å². The highest BCUT2D eigenvalue weighted by Crippen LogP contribution is 2.26. The summed E-state index contributed by atoms with van der Waals surface area (Å²) in [6, 6.07) is 4.67. The van der Waals surface area contributed by atoms with Crippen LogP contribution in [0.1, 0.15) is 38.3 Å². The molecule has 0 bridgehead atoms. The fourth-order valence-electron chi connectivity index (χ4n) is 1.73. The average molecular weight is 293 g/mol. The molecule has 5 heteroatoms. The summed E-state index contributed by atoms with van der Waals surface area (Å²) in [5.74, 6) is 0.550. The third-order valence-electron chi connectivity index (χ3n) is 2.86. The van der Waals surface area contributed by atoms with Gasteiger partial charge in [-0.1, -0.05) is 25.4 Å². The Morgan fingerprint density at radius 3 is 2.44 bits per heavy atom. The van der Waals surface area contributed by atoms with E-state index < -0.39 is 12.1 Å². The molecule has 2 atom stereocenters. The van der Waals surface area contributed by atoms with Crippen LogP contribution in [0.2, 0.25) is 5.02 Å². The maximum Gasteiger partial charge on any atom is 0.0733 e. The van der Waals surface area contributed by atoms with Gasteiger partial charge in [0.05, 0.1) is 12.1 Å². The topological polar surface area (TPSA) is 72.3 Å². The van der Waals surface area contributed by atoms with E-state index in [2.05, 4.69) is 13.8 Å². The van der Waals surface area contributed by atoms with E-state index in [4.69, 9.17) is 23.1 Å². The fraction of sp³-hybridized carbons (Fsp3) is 0.538. The van der Waals surface area contributed by atoms with E-state index in [1.54, 1.807) is 18.2 Å². The molecule has 0 saturated carbocycles. The molecule has 0 heterocycles. The zero-order valence-electron chi connectivity index (χ0n) is 10.8. The van der Waals surface area contributed by atoms with Crippen LogP contribution >= 0.6 is 24.0 Å². The second-order valence-electron chi connectivity index (χ2n) is 4.84. The number of nitrogens with two attached hydrogens (primary N) is 2. The molecule has 0 aromatic heterocycles. The molecule has 0 saturated heterocycles. The zero-order valence-corrected chi connectivity index (χ0v) is 12.3. The third-order valence-corrected chi connectivity index (χ3v) is 3.10. The normalized spacial score (nSPS) is 14.1. The number of rotatable bonds is 5. The number of hydrogen-bond acceptors (Lipinski definition) is 3. The second-order valence-corrected chi connectivity index (χ2v) is 5.27. The summed E-state index contributed by atoms with van der Waals surface area (Å²) in [7, 11) is 0. The van der Waals surface area contributed by atoms with Crippen LogP contribution < -0.4 is 11.5 Å². The van der Waals surface area contributed by atoms with E-state index in [1.165, 1.54) is 0 Å². The summed E-state index contributed by atoms with van der Waals surface area (Å²) < 4.78 is 0. The summed E-state index contributed by atoms with van der Waals surface area (Å²) >= 11 is 5.90. The molecule has 1 aromatic rings. The Morgan fingerprint density at radius 1 is 1.28 bits per heavy atom. The zero-order chi connectivity index (χ0) is 13.0. The van der Waals surface area contributed by atoms with Gasteiger partial charge in [-0.3, -0.25) is 0 Å². The van der Waals surface area contributed by atoms with Crippen LogP contribution in [0.5, 0.6) is 0 Å². The van der Waals surface area contributed by atoms with Gasteiger partial charge in [-0.25, -0.2) is 0 Å². The SMILES string of the molecule is CC(C)CC[C@@H](O)[C@@H](N)c1cc(Cl)ccc1N.Cl. The van der Waals surface area contributed by atoms with Crippen molar-refractivity contribution in [2.75, 3.05) is 5.73 Å². The second kappa shape index (κ2) is 7.85. The van der Waals surface area contributed by atoms with E-state index >= 15 is 0 Å². The first-order valence-corrected chi connectivity index (χ1v) is 6.28. The van der Waals surface area contributed by atoms with Crippen molar-refractivity contribution in [3.8, 4) is 0 Å². The molecule has 1 aromatic carbocycles. The van der Waals surface area contributed by atoms with Gasteiger partial charge in [0.2, 0.25) is 0 Å². The van der Waals surface area contributed by atoms with Crippen LogP contribution in [0.4, 0.5) is 5.69 Å². The van der Waals surface area contributed by atoms with E-state index in [0.717, 1.165) is 6.42 Å². The summed E-state index contributed by atoms with van der Waals surface area (Å²) in [6.45, 7) is 4.23. The van der Waals surface area contributed by atoms with Crippen LogP contribution in [0, 0.1) is 5.92 Å². The van der Waals surface area contributed by atoms with E-state index in [0.29, 0.717) is 28.6 Å². The molecule has 0 unspecified atom stereocenters. The van der Waals surface area contributed by atoms with Gasteiger partial charge >= 0.3 is 0 Å².